The highest BCUT2D eigenvalue weighted by Crippen LogP contribution is 2.11. The molecular formula is C20H29N3O6. The minimum atomic E-state index is -1.07. The molecule has 0 aromatic heterocycles. The van der Waals surface area contributed by atoms with Crippen molar-refractivity contribution < 1.29 is 29.0 Å². The van der Waals surface area contributed by atoms with E-state index in [9.17, 15) is 19.2 Å². The summed E-state index contributed by atoms with van der Waals surface area (Å²) in [4.78, 5) is 47.7. The first-order valence-corrected chi connectivity index (χ1v) is 9.24. The van der Waals surface area contributed by atoms with E-state index in [1.165, 1.54) is 31.2 Å². The molecule has 4 N–H and O–H groups in total. The van der Waals surface area contributed by atoms with Crippen LogP contribution in [0.1, 0.15) is 51.9 Å². The third kappa shape index (κ3) is 8.20. The lowest BCUT2D eigenvalue weighted by atomic mass is 10.0. The van der Waals surface area contributed by atoms with Crippen LogP contribution in [-0.4, -0.2) is 46.7 Å². The summed E-state index contributed by atoms with van der Waals surface area (Å²) in [5.74, 6) is -2.31. The molecule has 1 rings (SSSR count). The first-order chi connectivity index (χ1) is 13.3. The number of carbonyl (C=O) groups is 4. The molecule has 0 saturated heterocycles. The average Bonchev–Trinajstić information content (AvgIpc) is 2.58. The molecule has 0 radical (unpaired) electrons. The Bertz CT molecular complexity index is 752. The van der Waals surface area contributed by atoms with Gasteiger partial charge in [-0.05, 0) is 57.9 Å². The highest BCUT2D eigenvalue weighted by molar-refractivity contribution is 5.98. The van der Waals surface area contributed by atoms with Gasteiger partial charge in [-0.1, -0.05) is 13.8 Å². The van der Waals surface area contributed by atoms with Crippen LogP contribution in [-0.2, 0) is 14.3 Å². The number of amides is 3. The molecule has 1 aromatic rings. The summed E-state index contributed by atoms with van der Waals surface area (Å²) in [6, 6.07) is 3.87. The highest BCUT2D eigenvalue weighted by atomic mass is 16.6. The number of carbonyl (C=O) groups excluding carboxylic acids is 3. The number of carboxylic acid groups (broad SMARTS) is 1. The molecule has 160 valence electrons. The van der Waals surface area contributed by atoms with E-state index in [2.05, 4.69) is 16.0 Å². The van der Waals surface area contributed by atoms with E-state index >= 15 is 0 Å². The van der Waals surface area contributed by atoms with E-state index in [1.54, 1.807) is 34.6 Å². The van der Waals surface area contributed by atoms with Crippen LogP contribution >= 0.6 is 0 Å². The Labute approximate surface area is 170 Å². The first-order valence-electron chi connectivity index (χ1n) is 9.24. The lowest BCUT2D eigenvalue weighted by Crippen LogP contribution is -2.54. The van der Waals surface area contributed by atoms with E-state index in [0.29, 0.717) is 5.69 Å². The minimum absolute atomic E-state index is 0.0948. The summed E-state index contributed by atoms with van der Waals surface area (Å²) >= 11 is 0. The molecule has 9 heteroatoms. The lowest BCUT2D eigenvalue weighted by Gasteiger charge is -2.26. The molecule has 0 heterocycles. The third-order valence-electron chi connectivity index (χ3n) is 3.77. The van der Waals surface area contributed by atoms with Gasteiger partial charge in [-0.2, -0.15) is 0 Å². The monoisotopic (exact) mass is 407 g/mol. The molecule has 1 aromatic carbocycles. The lowest BCUT2D eigenvalue weighted by molar-refractivity contribution is -0.128. The highest BCUT2D eigenvalue weighted by Gasteiger charge is 2.29. The zero-order valence-corrected chi connectivity index (χ0v) is 17.5. The molecule has 9 nitrogen and oxygen atoms in total. The Morgan fingerprint density at radius 3 is 1.93 bits per heavy atom. The number of nitrogens with one attached hydrogen (secondary N) is 3. The molecule has 0 aliphatic carbocycles. The maximum absolute atomic E-state index is 12.5. The quantitative estimate of drug-likeness (QED) is 0.548. The molecule has 0 saturated carbocycles. The Morgan fingerprint density at radius 1 is 0.931 bits per heavy atom. The normalized spacial score (nSPS) is 13.2. The van der Waals surface area contributed by atoms with Gasteiger partial charge in [-0.3, -0.25) is 9.59 Å². The van der Waals surface area contributed by atoms with E-state index < -0.39 is 41.6 Å². The SMILES string of the molecule is CC(C)[C@H](NC(=O)OC(C)(C)C)C(=O)N[C@@H](C)C(=O)Nc1ccc(C(=O)O)cc1. The summed E-state index contributed by atoms with van der Waals surface area (Å²) in [5.41, 5.74) is -0.212. The van der Waals surface area contributed by atoms with Gasteiger partial charge in [0.25, 0.3) is 0 Å². The fourth-order valence-electron chi connectivity index (χ4n) is 2.28. The summed E-state index contributed by atoms with van der Waals surface area (Å²) in [5, 5.41) is 16.6. The van der Waals surface area contributed by atoms with Crippen LogP contribution in [0, 0.1) is 5.92 Å². The van der Waals surface area contributed by atoms with Crippen LogP contribution in [0.15, 0.2) is 24.3 Å². The van der Waals surface area contributed by atoms with Gasteiger partial charge in [0.05, 0.1) is 5.56 Å². The predicted octanol–water partition coefficient (Wildman–Crippen LogP) is 2.38. The van der Waals surface area contributed by atoms with Crippen molar-refractivity contribution in [3.63, 3.8) is 0 Å². The zero-order chi connectivity index (χ0) is 22.4. The number of hydrogen-bond donors (Lipinski definition) is 4. The van der Waals surface area contributed by atoms with Crippen molar-refractivity contribution in [3.05, 3.63) is 29.8 Å². The van der Waals surface area contributed by atoms with Gasteiger partial charge < -0.3 is 25.8 Å². The molecule has 0 bridgehead atoms. The Morgan fingerprint density at radius 2 is 1.48 bits per heavy atom. The number of hydrogen-bond acceptors (Lipinski definition) is 5. The van der Waals surface area contributed by atoms with E-state index in [1.807, 2.05) is 0 Å². The molecule has 2 atom stereocenters. The fraction of sp³-hybridized carbons (Fsp3) is 0.500. The summed E-state index contributed by atoms with van der Waals surface area (Å²) in [6.07, 6.45) is -0.720. The number of aromatic carboxylic acids is 1. The van der Waals surface area contributed by atoms with Gasteiger partial charge in [0.1, 0.15) is 17.7 Å². The van der Waals surface area contributed by atoms with Crippen molar-refractivity contribution in [1.29, 1.82) is 0 Å². The maximum atomic E-state index is 12.5. The van der Waals surface area contributed by atoms with Crippen molar-refractivity contribution >= 4 is 29.6 Å². The smallest absolute Gasteiger partial charge is 0.408 e. The topological polar surface area (TPSA) is 134 Å². The molecule has 0 aliphatic rings. The number of benzene rings is 1. The van der Waals surface area contributed by atoms with Crippen LogP contribution in [0.25, 0.3) is 0 Å². The van der Waals surface area contributed by atoms with Crippen LogP contribution in [0.2, 0.25) is 0 Å². The van der Waals surface area contributed by atoms with E-state index in [4.69, 9.17) is 9.84 Å². The van der Waals surface area contributed by atoms with Crippen molar-refractivity contribution in [3.8, 4) is 0 Å². The van der Waals surface area contributed by atoms with Crippen LogP contribution in [0.3, 0.4) is 0 Å². The Balaban J connectivity index is 2.70. The van der Waals surface area contributed by atoms with E-state index in [0.717, 1.165) is 0 Å². The molecule has 0 spiro atoms. The number of carboxylic acids is 1. The van der Waals surface area contributed by atoms with Gasteiger partial charge >= 0.3 is 12.1 Å². The second-order valence-corrected chi connectivity index (χ2v) is 7.97. The second kappa shape index (κ2) is 9.90. The molecule has 0 aliphatic heterocycles. The zero-order valence-electron chi connectivity index (χ0n) is 17.5. The summed E-state index contributed by atoms with van der Waals surface area (Å²) in [6.45, 7) is 10.2. The molecule has 29 heavy (non-hydrogen) atoms. The second-order valence-electron chi connectivity index (χ2n) is 7.97. The standard InChI is InChI=1S/C20H29N3O6/c1-11(2)15(23-19(28)29-20(4,5)6)17(25)21-12(3)16(24)22-14-9-7-13(8-10-14)18(26)27/h7-12,15H,1-6H3,(H,21,25)(H,22,24)(H,23,28)(H,26,27)/t12-,15-/m0/s1. The summed E-state index contributed by atoms with van der Waals surface area (Å²) in [7, 11) is 0. The number of ether oxygens (including phenoxy) is 1. The minimum Gasteiger partial charge on any atom is -0.478 e. The first kappa shape index (κ1) is 23.9. The molecule has 0 unspecified atom stereocenters. The Hall–Kier alpha value is -3.10. The number of rotatable bonds is 7. The van der Waals surface area contributed by atoms with Gasteiger partial charge in [-0.15, -0.1) is 0 Å². The summed E-state index contributed by atoms with van der Waals surface area (Å²) < 4.78 is 5.18. The predicted molar refractivity (Wildman–Crippen MR) is 108 cm³/mol. The third-order valence-corrected chi connectivity index (χ3v) is 3.77. The van der Waals surface area contributed by atoms with Crippen LogP contribution in [0.5, 0.6) is 0 Å². The van der Waals surface area contributed by atoms with Gasteiger partial charge in [0, 0.05) is 5.69 Å². The molecular weight excluding hydrogens is 378 g/mol. The van der Waals surface area contributed by atoms with Gasteiger partial charge in [0.2, 0.25) is 11.8 Å². The van der Waals surface area contributed by atoms with Crippen molar-refractivity contribution in [2.24, 2.45) is 5.92 Å². The van der Waals surface area contributed by atoms with Gasteiger partial charge in [-0.25, -0.2) is 9.59 Å². The number of alkyl carbamates (subject to hydrolysis) is 1. The maximum Gasteiger partial charge on any atom is 0.408 e. The molecule has 0 fully saturated rings. The van der Waals surface area contributed by atoms with Gasteiger partial charge in [0.15, 0.2) is 0 Å². The van der Waals surface area contributed by atoms with E-state index in [-0.39, 0.29) is 11.5 Å². The largest absolute Gasteiger partial charge is 0.478 e. The van der Waals surface area contributed by atoms with Crippen molar-refractivity contribution in [2.45, 2.75) is 59.2 Å². The van der Waals surface area contributed by atoms with Crippen molar-refractivity contribution in [1.82, 2.24) is 10.6 Å². The average molecular weight is 407 g/mol. The fourth-order valence-corrected chi connectivity index (χ4v) is 2.28. The van der Waals surface area contributed by atoms with Crippen molar-refractivity contribution in [2.75, 3.05) is 5.32 Å². The van der Waals surface area contributed by atoms with Crippen LogP contribution in [0.4, 0.5) is 10.5 Å². The Kier molecular flexibility index (Phi) is 8.17. The number of anilines is 1. The van der Waals surface area contributed by atoms with Crippen LogP contribution < -0.4 is 16.0 Å². The molecule has 3 amide bonds.